The van der Waals surface area contributed by atoms with Crippen LogP contribution in [0, 0.1) is 13.8 Å². The Morgan fingerprint density at radius 3 is 2.30 bits per heavy atom. The Morgan fingerprint density at radius 2 is 1.77 bits per heavy atom. The molecule has 2 heterocycles. The zero-order valence-corrected chi connectivity index (χ0v) is 19.5. The number of hydrogen-bond acceptors (Lipinski definition) is 4. The van der Waals surface area contributed by atoms with Gasteiger partial charge in [0.15, 0.2) is 5.82 Å². The number of hydrogen-bond donors (Lipinski definition) is 0. The Labute approximate surface area is 178 Å². The van der Waals surface area contributed by atoms with Crippen LogP contribution in [0.5, 0.6) is 0 Å². The molecule has 0 aliphatic heterocycles. The second-order valence-electron chi connectivity index (χ2n) is 7.93. The molecule has 0 amide bonds. The predicted octanol–water partition coefficient (Wildman–Crippen LogP) is 3.62. The predicted molar refractivity (Wildman–Crippen MR) is 122 cm³/mol. The van der Waals surface area contributed by atoms with Crippen molar-refractivity contribution >= 4 is 21.2 Å². The molecule has 3 rings (SSSR count). The fraction of sp³-hybridized carbons (Fsp3) is 0.455. The van der Waals surface area contributed by atoms with E-state index in [4.69, 9.17) is 5.10 Å². The number of aromatic nitrogens is 3. The van der Waals surface area contributed by atoms with Gasteiger partial charge in [0, 0.05) is 25.4 Å². The van der Waals surface area contributed by atoms with E-state index < -0.39 is 10.0 Å². The van der Waals surface area contributed by atoms with Crippen molar-refractivity contribution in [3.8, 4) is 11.4 Å². The summed E-state index contributed by atoms with van der Waals surface area (Å²) in [5, 5.41) is 4.81. The molecule has 0 aliphatic rings. The van der Waals surface area contributed by atoms with Gasteiger partial charge in [-0.25, -0.2) is 12.9 Å². The van der Waals surface area contributed by atoms with Gasteiger partial charge in [0.1, 0.15) is 5.52 Å². The van der Waals surface area contributed by atoms with E-state index in [1.165, 1.54) is 17.6 Å². The molecule has 30 heavy (non-hydrogen) atoms. The number of rotatable bonds is 6. The monoisotopic (exact) mass is 430 g/mol. The average molecular weight is 431 g/mol. The molecule has 0 aliphatic carbocycles. The van der Waals surface area contributed by atoms with E-state index in [1.807, 2.05) is 19.9 Å². The van der Waals surface area contributed by atoms with Crippen LogP contribution in [0.2, 0.25) is 0 Å². The van der Waals surface area contributed by atoms with E-state index in [9.17, 15) is 13.2 Å². The summed E-state index contributed by atoms with van der Waals surface area (Å²) in [5.41, 5.74) is 4.74. The smallest absolute Gasteiger partial charge is 0.278 e. The quantitative estimate of drug-likeness (QED) is 0.599. The number of benzene rings is 1. The Kier molecular flexibility index (Phi) is 5.82. The number of sulfonamides is 1. The standard InChI is InChI=1S/C22H30N4O3S/c1-8-16(9-2)19-13-15(4)26-20(19)22(27)24(5)21(23-26)18-11-10-17(12-14(18)3)25(6)30(7,28)29/h10-13,16H,8-9H2,1-7H3. The summed E-state index contributed by atoms with van der Waals surface area (Å²) in [6, 6.07) is 7.42. The van der Waals surface area contributed by atoms with Crippen molar-refractivity contribution in [2.75, 3.05) is 17.6 Å². The summed E-state index contributed by atoms with van der Waals surface area (Å²) in [5.74, 6) is 0.870. The van der Waals surface area contributed by atoms with Crippen LogP contribution >= 0.6 is 0 Å². The molecular weight excluding hydrogens is 400 g/mol. The molecule has 0 saturated carbocycles. The number of fused-ring (bicyclic) bond motifs is 1. The van der Waals surface area contributed by atoms with E-state index in [0.717, 1.165) is 35.2 Å². The molecule has 7 nitrogen and oxygen atoms in total. The van der Waals surface area contributed by atoms with Gasteiger partial charge in [0.05, 0.1) is 11.9 Å². The van der Waals surface area contributed by atoms with Crippen LogP contribution in [-0.2, 0) is 17.1 Å². The van der Waals surface area contributed by atoms with Crippen molar-refractivity contribution in [2.45, 2.75) is 46.5 Å². The Hall–Kier alpha value is -2.61. The van der Waals surface area contributed by atoms with Gasteiger partial charge in [-0.3, -0.25) is 13.7 Å². The molecule has 0 bridgehead atoms. The highest BCUT2D eigenvalue weighted by Crippen LogP contribution is 2.30. The normalized spacial score (nSPS) is 12.1. The van der Waals surface area contributed by atoms with E-state index in [1.54, 1.807) is 28.3 Å². The van der Waals surface area contributed by atoms with Gasteiger partial charge in [-0.05, 0) is 68.0 Å². The Bertz CT molecular complexity index is 1270. The lowest BCUT2D eigenvalue weighted by molar-refractivity contribution is 0.600. The lowest BCUT2D eigenvalue weighted by atomic mass is 9.95. The largest absolute Gasteiger partial charge is 0.293 e. The molecule has 0 unspecified atom stereocenters. The third-order valence-corrected chi connectivity index (χ3v) is 7.15. The van der Waals surface area contributed by atoms with Gasteiger partial charge in [-0.2, -0.15) is 0 Å². The minimum absolute atomic E-state index is 0.0771. The van der Waals surface area contributed by atoms with Crippen LogP contribution in [0.3, 0.4) is 0 Å². The van der Waals surface area contributed by atoms with Crippen LogP contribution in [0.15, 0.2) is 29.1 Å². The summed E-state index contributed by atoms with van der Waals surface area (Å²) in [7, 11) is -0.0956. The fourth-order valence-electron chi connectivity index (χ4n) is 3.97. The number of nitrogens with zero attached hydrogens (tertiary/aromatic N) is 4. The highest BCUT2D eigenvalue weighted by molar-refractivity contribution is 7.92. The molecule has 8 heteroatoms. The molecule has 0 radical (unpaired) electrons. The molecule has 162 valence electrons. The van der Waals surface area contributed by atoms with Gasteiger partial charge in [-0.1, -0.05) is 13.8 Å². The van der Waals surface area contributed by atoms with Crippen LogP contribution < -0.4 is 9.86 Å². The summed E-state index contributed by atoms with van der Waals surface area (Å²) in [6.07, 6.45) is 3.10. The first-order valence-corrected chi connectivity index (χ1v) is 12.0. The summed E-state index contributed by atoms with van der Waals surface area (Å²) >= 11 is 0. The molecule has 0 N–H and O–H groups in total. The lowest BCUT2D eigenvalue weighted by Gasteiger charge is -2.19. The highest BCUT2D eigenvalue weighted by atomic mass is 32.2. The van der Waals surface area contributed by atoms with Gasteiger partial charge in [-0.15, -0.1) is 5.10 Å². The van der Waals surface area contributed by atoms with Crippen LogP contribution in [0.4, 0.5) is 5.69 Å². The SMILES string of the molecule is CCC(CC)c1cc(C)n2nc(-c3ccc(N(C)S(C)(=O)=O)cc3C)n(C)c(=O)c12. The molecular formula is C22H30N4O3S. The molecule has 0 saturated heterocycles. The Morgan fingerprint density at radius 1 is 1.13 bits per heavy atom. The van der Waals surface area contributed by atoms with Crippen LogP contribution in [-0.4, -0.2) is 35.9 Å². The van der Waals surface area contributed by atoms with E-state index >= 15 is 0 Å². The second-order valence-corrected chi connectivity index (χ2v) is 9.95. The van der Waals surface area contributed by atoms with Crippen molar-refractivity contribution in [1.82, 2.24) is 14.2 Å². The zero-order valence-electron chi connectivity index (χ0n) is 18.7. The molecule has 2 aromatic heterocycles. The van der Waals surface area contributed by atoms with Gasteiger partial charge >= 0.3 is 0 Å². The van der Waals surface area contributed by atoms with Crippen molar-refractivity contribution in [3.63, 3.8) is 0 Å². The summed E-state index contributed by atoms with van der Waals surface area (Å²) in [6.45, 7) is 8.13. The first-order chi connectivity index (χ1) is 14.0. The van der Waals surface area contributed by atoms with E-state index in [-0.39, 0.29) is 5.56 Å². The van der Waals surface area contributed by atoms with E-state index in [0.29, 0.717) is 22.9 Å². The van der Waals surface area contributed by atoms with Gasteiger partial charge in [0.25, 0.3) is 5.56 Å². The molecule has 0 fully saturated rings. The molecule has 0 spiro atoms. The van der Waals surface area contributed by atoms with Crippen LogP contribution in [0.1, 0.15) is 49.4 Å². The minimum Gasteiger partial charge on any atom is -0.293 e. The molecule has 0 atom stereocenters. The first-order valence-electron chi connectivity index (χ1n) is 10.1. The maximum absolute atomic E-state index is 13.3. The number of aryl methyl sites for hydroxylation is 2. The molecule has 3 aromatic rings. The summed E-state index contributed by atoms with van der Waals surface area (Å²) in [4.78, 5) is 13.3. The zero-order chi connectivity index (χ0) is 22.4. The van der Waals surface area contributed by atoms with Crippen molar-refractivity contribution in [2.24, 2.45) is 7.05 Å². The van der Waals surface area contributed by atoms with Crippen molar-refractivity contribution in [1.29, 1.82) is 0 Å². The second kappa shape index (κ2) is 7.91. The third-order valence-electron chi connectivity index (χ3n) is 5.94. The third kappa shape index (κ3) is 3.64. The Balaban J connectivity index is 2.22. The maximum Gasteiger partial charge on any atom is 0.278 e. The van der Waals surface area contributed by atoms with Gasteiger partial charge in [0.2, 0.25) is 10.0 Å². The van der Waals surface area contributed by atoms with E-state index in [2.05, 4.69) is 19.9 Å². The van der Waals surface area contributed by atoms with Crippen molar-refractivity contribution < 1.29 is 8.42 Å². The fourth-order valence-corrected chi connectivity index (χ4v) is 4.47. The van der Waals surface area contributed by atoms with Crippen LogP contribution in [0.25, 0.3) is 16.9 Å². The average Bonchev–Trinajstić information content (AvgIpc) is 3.01. The topological polar surface area (TPSA) is 76.7 Å². The number of anilines is 1. The first kappa shape index (κ1) is 22.1. The highest BCUT2D eigenvalue weighted by Gasteiger charge is 2.21. The molecule has 1 aromatic carbocycles. The summed E-state index contributed by atoms with van der Waals surface area (Å²) < 4.78 is 28.3. The minimum atomic E-state index is -3.35. The lowest BCUT2D eigenvalue weighted by Crippen LogP contribution is -2.25. The maximum atomic E-state index is 13.3. The van der Waals surface area contributed by atoms with Gasteiger partial charge < -0.3 is 0 Å². The van der Waals surface area contributed by atoms with Crippen molar-refractivity contribution in [3.05, 3.63) is 51.4 Å².